The highest BCUT2D eigenvalue weighted by molar-refractivity contribution is 9.10. The van der Waals surface area contributed by atoms with Crippen molar-refractivity contribution in [2.24, 2.45) is 23.7 Å². The summed E-state index contributed by atoms with van der Waals surface area (Å²) in [7, 11) is 0. The molecule has 1 aromatic rings. The Bertz CT molecular complexity index is 468. The Labute approximate surface area is 124 Å². The monoisotopic (exact) mass is 319 g/mol. The molecule has 0 spiro atoms. The van der Waals surface area contributed by atoms with Gasteiger partial charge in [0.2, 0.25) is 0 Å². The molecule has 0 saturated heterocycles. The Morgan fingerprint density at radius 1 is 1.00 bits per heavy atom. The van der Waals surface area contributed by atoms with Gasteiger partial charge in [0.1, 0.15) is 0 Å². The zero-order chi connectivity index (χ0) is 13.0. The van der Waals surface area contributed by atoms with Crippen LogP contribution in [0.3, 0.4) is 0 Å². The molecule has 4 fully saturated rings. The first-order valence-corrected chi connectivity index (χ1v) is 8.51. The van der Waals surface area contributed by atoms with Crippen molar-refractivity contribution < 1.29 is 0 Å². The van der Waals surface area contributed by atoms with Crippen molar-refractivity contribution in [3.63, 3.8) is 0 Å². The van der Waals surface area contributed by atoms with E-state index in [-0.39, 0.29) is 0 Å². The summed E-state index contributed by atoms with van der Waals surface area (Å²) in [5, 5.41) is 3.90. The van der Waals surface area contributed by atoms with Gasteiger partial charge in [0.25, 0.3) is 0 Å². The summed E-state index contributed by atoms with van der Waals surface area (Å²) in [6.45, 7) is 2.21. The molecule has 0 heterocycles. The van der Waals surface area contributed by atoms with Crippen LogP contribution in [0.4, 0.5) is 5.69 Å². The quantitative estimate of drug-likeness (QED) is 0.809. The summed E-state index contributed by atoms with van der Waals surface area (Å²) in [5.41, 5.74) is 2.71. The maximum atomic E-state index is 3.90. The topological polar surface area (TPSA) is 12.0 Å². The van der Waals surface area contributed by atoms with Gasteiger partial charge in [-0.15, -0.1) is 0 Å². The molecule has 0 atom stereocenters. The minimum Gasteiger partial charge on any atom is -0.382 e. The number of hydrogen-bond acceptors (Lipinski definition) is 1. The molecule has 1 aromatic carbocycles. The van der Waals surface area contributed by atoms with E-state index in [2.05, 4.69) is 46.4 Å². The number of benzene rings is 1. The molecule has 0 amide bonds. The third-order valence-corrected chi connectivity index (χ3v) is 6.23. The number of aryl methyl sites for hydroxylation is 1. The van der Waals surface area contributed by atoms with Gasteiger partial charge in [-0.3, -0.25) is 0 Å². The smallest absolute Gasteiger partial charge is 0.0373 e. The van der Waals surface area contributed by atoms with Crippen molar-refractivity contribution in [3.8, 4) is 0 Å². The first-order chi connectivity index (χ1) is 9.19. The van der Waals surface area contributed by atoms with Gasteiger partial charge in [0.05, 0.1) is 0 Å². The molecule has 0 radical (unpaired) electrons. The van der Waals surface area contributed by atoms with Crippen molar-refractivity contribution in [2.75, 3.05) is 5.32 Å². The minimum absolute atomic E-state index is 0.743. The number of anilines is 1. The van der Waals surface area contributed by atoms with E-state index in [1.165, 1.54) is 47.8 Å². The van der Waals surface area contributed by atoms with E-state index in [1.54, 1.807) is 0 Å². The largest absolute Gasteiger partial charge is 0.382 e. The summed E-state index contributed by atoms with van der Waals surface area (Å²) >= 11 is 3.56. The lowest BCUT2D eigenvalue weighted by Crippen LogP contribution is -2.51. The fraction of sp³-hybridized carbons (Fsp3) is 0.647. The van der Waals surface area contributed by atoms with Crippen LogP contribution in [0, 0.1) is 30.6 Å². The minimum atomic E-state index is 0.743. The van der Waals surface area contributed by atoms with Gasteiger partial charge in [0, 0.05) is 16.2 Å². The van der Waals surface area contributed by atoms with Crippen molar-refractivity contribution in [2.45, 2.75) is 45.1 Å². The average molecular weight is 320 g/mol. The molecule has 4 aliphatic rings. The maximum absolute atomic E-state index is 3.90. The fourth-order valence-corrected chi connectivity index (χ4v) is 5.60. The van der Waals surface area contributed by atoms with Crippen LogP contribution in [-0.2, 0) is 0 Å². The first-order valence-electron chi connectivity index (χ1n) is 7.71. The SMILES string of the molecule is Cc1cc(Br)ccc1NC1C2CC3CC(C2)CC1C3. The highest BCUT2D eigenvalue weighted by Gasteiger charge is 2.48. The lowest BCUT2D eigenvalue weighted by Gasteiger charge is -2.54. The Morgan fingerprint density at radius 2 is 1.63 bits per heavy atom. The molecule has 4 bridgehead atoms. The van der Waals surface area contributed by atoms with Crippen LogP contribution in [-0.4, -0.2) is 6.04 Å². The highest BCUT2D eigenvalue weighted by Crippen LogP contribution is 2.54. The normalized spacial score (nSPS) is 39.6. The molecule has 19 heavy (non-hydrogen) atoms. The molecule has 5 rings (SSSR count). The fourth-order valence-electron chi connectivity index (χ4n) is 5.13. The molecule has 1 N–H and O–H groups in total. The third-order valence-electron chi connectivity index (χ3n) is 5.74. The summed E-state index contributed by atoms with van der Waals surface area (Å²) < 4.78 is 1.18. The predicted molar refractivity (Wildman–Crippen MR) is 83.3 cm³/mol. The third kappa shape index (κ3) is 2.12. The second kappa shape index (κ2) is 4.51. The number of nitrogens with one attached hydrogen (secondary N) is 1. The number of hydrogen-bond donors (Lipinski definition) is 1. The van der Waals surface area contributed by atoms with E-state index in [0.717, 1.165) is 29.7 Å². The Kier molecular flexibility index (Phi) is 2.91. The van der Waals surface area contributed by atoms with Gasteiger partial charge in [-0.1, -0.05) is 15.9 Å². The van der Waals surface area contributed by atoms with Gasteiger partial charge in [0.15, 0.2) is 0 Å². The molecule has 0 aliphatic heterocycles. The summed E-state index contributed by atoms with van der Waals surface area (Å²) in [4.78, 5) is 0. The number of halogens is 1. The molecule has 102 valence electrons. The molecule has 1 nitrogen and oxygen atoms in total. The Balaban J connectivity index is 1.56. The van der Waals surface area contributed by atoms with Gasteiger partial charge in [-0.25, -0.2) is 0 Å². The Hall–Kier alpha value is -0.500. The van der Waals surface area contributed by atoms with Crippen LogP contribution in [0.2, 0.25) is 0 Å². The lowest BCUT2D eigenvalue weighted by atomic mass is 9.54. The van der Waals surface area contributed by atoms with E-state index in [1.807, 2.05) is 0 Å². The van der Waals surface area contributed by atoms with Crippen molar-refractivity contribution in [1.82, 2.24) is 0 Å². The van der Waals surface area contributed by atoms with Gasteiger partial charge < -0.3 is 5.32 Å². The van der Waals surface area contributed by atoms with E-state index in [0.29, 0.717) is 0 Å². The highest BCUT2D eigenvalue weighted by atomic mass is 79.9. The molecule has 4 aliphatic carbocycles. The van der Waals surface area contributed by atoms with Crippen LogP contribution >= 0.6 is 15.9 Å². The standard InChI is InChI=1S/C17H22BrN/c1-10-4-15(18)2-3-16(10)19-17-13-6-11-5-12(8-13)9-14(17)7-11/h2-4,11-14,17,19H,5-9H2,1H3. The summed E-state index contributed by atoms with van der Waals surface area (Å²) in [5.74, 6) is 4.01. The second-order valence-corrected chi connectivity index (χ2v) is 7.98. The van der Waals surface area contributed by atoms with E-state index in [9.17, 15) is 0 Å². The lowest BCUT2D eigenvalue weighted by molar-refractivity contribution is 0.00752. The zero-order valence-corrected chi connectivity index (χ0v) is 13.1. The second-order valence-electron chi connectivity index (χ2n) is 7.06. The summed E-state index contributed by atoms with van der Waals surface area (Å²) in [6, 6.07) is 7.36. The first kappa shape index (κ1) is 12.3. The molecule has 0 aromatic heterocycles. The van der Waals surface area contributed by atoms with Crippen LogP contribution in [0.1, 0.15) is 37.7 Å². The van der Waals surface area contributed by atoms with Crippen LogP contribution < -0.4 is 5.32 Å². The van der Waals surface area contributed by atoms with Gasteiger partial charge in [-0.2, -0.15) is 0 Å². The molecule has 4 saturated carbocycles. The van der Waals surface area contributed by atoms with Gasteiger partial charge >= 0.3 is 0 Å². The molecular formula is C17H22BrN. The molecule has 0 unspecified atom stereocenters. The van der Waals surface area contributed by atoms with Gasteiger partial charge in [-0.05, 0) is 86.5 Å². The van der Waals surface area contributed by atoms with Crippen molar-refractivity contribution >= 4 is 21.6 Å². The van der Waals surface area contributed by atoms with E-state index < -0.39 is 0 Å². The van der Waals surface area contributed by atoms with Crippen LogP contribution in [0.15, 0.2) is 22.7 Å². The molecular weight excluding hydrogens is 298 g/mol. The van der Waals surface area contributed by atoms with Crippen LogP contribution in [0.25, 0.3) is 0 Å². The van der Waals surface area contributed by atoms with E-state index >= 15 is 0 Å². The Morgan fingerprint density at radius 3 is 2.21 bits per heavy atom. The van der Waals surface area contributed by atoms with Crippen molar-refractivity contribution in [3.05, 3.63) is 28.2 Å². The van der Waals surface area contributed by atoms with Crippen LogP contribution in [0.5, 0.6) is 0 Å². The number of rotatable bonds is 2. The zero-order valence-electron chi connectivity index (χ0n) is 11.5. The predicted octanol–water partition coefficient (Wildman–Crippen LogP) is 4.99. The van der Waals surface area contributed by atoms with Crippen molar-refractivity contribution in [1.29, 1.82) is 0 Å². The molecule has 2 heteroatoms. The van der Waals surface area contributed by atoms with E-state index in [4.69, 9.17) is 0 Å². The maximum Gasteiger partial charge on any atom is 0.0373 e. The average Bonchev–Trinajstić information content (AvgIpc) is 2.35. The summed E-state index contributed by atoms with van der Waals surface area (Å²) in [6.07, 6.45) is 7.48.